The van der Waals surface area contributed by atoms with Crippen molar-refractivity contribution >= 4 is 0 Å². The van der Waals surface area contributed by atoms with Crippen molar-refractivity contribution in [2.45, 2.75) is 39.5 Å². The van der Waals surface area contributed by atoms with Gasteiger partial charge in [-0.05, 0) is 43.7 Å². The second-order valence-electron chi connectivity index (χ2n) is 3.98. The Bertz CT molecular complexity index is 279. The second-order valence-corrected chi connectivity index (χ2v) is 3.98. The van der Waals surface area contributed by atoms with Crippen LogP contribution in [-0.4, -0.2) is 0 Å². The van der Waals surface area contributed by atoms with E-state index in [9.17, 15) is 0 Å². The van der Waals surface area contributed by atoms with Gasteiger partial charge in [-0.2, -0.15) is 0 Å². The van der Waals surface area contributed by atoms with E-state index in [1.54, 1.807) is 0 Å². The van der Waals surface area contributed by atoms with Gasteiger partial charge >= 0.3 is 0 Å². The molecule has 0 saturated carbocycles. The van der Waals surface area contributed by atoms with E-state index in [1.165, 1.54) is 29.5 Å². The van der Waals surface area contributed by atoms with Crippen molar-refractivity contribution < 1.29 is 0 Å². The van der Waals surface area contributed by atoms with Crippen molar-refractivity contribution in [1.82, 2.24) is 0 Å². The van der Waals surface area contributed by atoms with Gasteiger partial charge in [-0.3, -0.25) is 0 Å². The Labute approximate surface area is 87.7 Å². The summed E-state index contributed by atoms with van der Waals surface area (Å²) in [6.45, 7) is 8.20. The molecular formula is C14H20. The Hall–Kier alpha value is -1.04. The van der Waals surface area contributed by atoms with E-state index < -0.39 is 0 Å². The molecule has 0 radical (unpaired) electrons. The topological polar surface area (TPSA) is 0 Å². The van der Waals surface area contributed by atoms with Gasteiger partial charge in [-0.15, -0.1) is 6.58 Å². The zero-order valence-corrected chi connectivity index (χ0v) is 9.34. The van der Waals surface area contributed by atoms with Crippen molar-refractivity contribution in [3.8, 4) is 0 Å². The summed E-state index contributed by atoms with van der Waals surface area (Å²) in [4.78, 5) is 0. The fraction of sp³-hybridized carbons (Fsp3) is 0.429. The average molecular weight is 188 g/mol. The molecule has 0 aliphatic rings. The average Bonchev–Trinajstić information content (AvgIpc) is 2.18. The predicted molar refractivity (Wildman–Crippen MR) is 63.6 cm³/mol. The Morgan fingerprint density at radius 3 is 2.21 bits per heavy atom. The lowest BCUT2D eigenvalue weighted by atomic mass is 10.0. The van der Waals surface area contributed by atoms with E-state index in [1.807, 2.05) is 0 Å². The number of benzene rings is 1. The summed E-state index contributed by atoms with van der Waals surface area (Å²) in [6, 6.07) is 8.96. The van der Waals surface area contributed by atoms with Gasteiger partial charge in [0.25, 0.3) is 0 Å². The minimum absolute atomic E-state index is 1.13. The molecule has 0 nitrogen and oxygen atoms in total. The lowest BCUT2D eigenvalue weighted by Crippen LogP contribution is -1.87. The van der Waals surface area contributed by atoms with Crippen LogP contribution in [0.5, 0.6) is 0 Å². The van der Waals surface area contributed by atoms with Crippen molar-refractivity contribution in [1.29, 1.82) is 0 Å². The maximum Gasteiger partial charge on any atom is -0.0276 e. The number of hydrogen-bond donors (Lipinski definition) is 0. The second kappa shape index (κ2) is 5.64. The van der Waals surface area contributed by atoms with Gasteiger partial charge < -0.3 is 0 Å². The van der Waals surface area contributed by atoms with Crippen molar-refractivity contribution in [3.05, 3.63) is 47.5 Å². The first kappa shape index (κ1) is 11.0. The van der Waals surface area contributed by atoms with E-state index in [-0.39, 0.29) is 0 Å². The fourth-order valence-electron chi connectivity index (χ4n) is 1.54. The molecule has 0 atom stereocenters. The molecule has 1 aromatic rings. The lowest BCUT2D eigenvalue weighted by molar-refractivity contribution is 0.813. The quantitative estimate of drug-likeness (QED) is 0.609. The zero-order valence-electron chi connectivity index (χ0n) is 9.34. The Morgan fingerprint density at radius 2 is 1.71 bits per heavy atom. The molecule has 0 bridgehead atoms. The van der Waals surface area contributed by atoms with Crippen LogP contribution in [0.25, 0.3) is 0 Å². The van der Waals surface area contributed by atoms with Gasteiger partial charge in [0, 0.05) is 0 Å². The largest absolute Gasteiger partial charge is 0.100 e. The molecule has 14 heavy (non-hydrogen) atoms. The van der Waals surface area contributed by atoms with Crippen LogP contribution >= 0.6 is 0 Å². The molecule has 0 unspecified atom stereocenters. The first-order valence-electron chi connectivity index (χ1n) is 5.44. The summed E-state index contributed by atoms with van der Waals surface area (Å²) in [5.41, 5.74) is 4.16. The van der Waals surface area contributed by atoms with E-state index >= 15 is 0 Å². The van der Waals surface area contributed by atoms with Crippen molar-refractivity contribution in [3.63, 3.8) is 0 Å². The van der Waals surface area contributed by atoms with Gasteiger partial charge in [0.05, 0.1) is 0 Å². The van der Waals surface area contributed by atoms with Crippen LogP contribution in [0.1, 0.15) is 37.8 Å². The fourth-order valence-corrected chi connectivity index (χ4v) is 1.54. The van der Waals surface area contributed by atoms with Gasteiger partial charge in [-0.1, -0.05) is 36.8 Å². The highest BCUT2D eigenvalue weighted by molar-refractivity contribution is 5.22. The number of allylic oxidation sites excluding steroid dienone is 1. The van der Waals surface area contributed by atoms with E-state index in [4.69, 9.17) is 0 Å². The molecule has 0 aliphatic carbocycles. The standard InChI is InChI=1S/C14H20/c1-4-13-8-10-14(11-9-13)7-5-6-12(2)3/h8-11H,2,4-7H2,1,3H3. The first-order chi connectivity index (χ1) is 6.72. The number of rotatable bonds is 5. The van der Waals surface area contributed by atoms with E-state index in [0.717, 1.165) is 12.8 Å². The molecule has 0 heteroatoms. The van der Waals surface area contributed by atoms with Crippen LogP contribution in [0.4, 0.5) is 0 Å². The molecule has 0 amide bonds. The minimum atomic E-state index is 1.13. The third-order valence-corrected chi connectivity index (χ3v) is 2.50. The maximum absolute atomic E-state index is 3.91. The third-order valence-electron chi connectivity index (χ3n) is 2.50. The maximum atomic E-state index is 3.91. The predicted octanol–water partition coefficient (Wildman–Crippen LogP) is 4.15. The Kier molecular flexibility index (Phi) is 4.45. The summed E-state index contributed by atoms with van der Waals surface area (Å²) >= 11 is 0. The van der Waals surface area contributed by atoms with E-state index in [2.05, 4.69) is 44.7 Å². The molecule has 0 saturated heterocycles. The highest BCUT2D eigenvalue weighted by Gasteiger charge is 1.94. The van der Waals surface area contributed by atoms with Crippen LogP contribution in [0, 0.1) is 0 Å². The molecule has 0 N–H and O–H groups in total. The molecular weight excluding hydrogens is 168 g/mol. The molecule has 0 spiro atoms. The summed E-state index contributed by atoms with van der Waals surface area (Å²) in [7, 11) is 0. The molecule has 0 heterocycles. The summed E-state index contributed by atoms with van der Waals surface area (Å²) in [6.07, 6.45) is 4.68. The van der Waals surface area contributed by atoms with Crippen LogP contribution in [0.3, 0.4) is 0 Å². The first-order valence-corrected chi connectivity index (χ1v) is 5.44. The van der Waals surface area contributed by atoms with Crippen molar-refractivity contribution in [2.75, 3.05) is 0 Å². The monoisotopic (exact) mass is 188 g/mol. The van der Waals surface area contributed by atoms with Crippen LogP contribution in [0.15, 0.2) is 36.4 Å². The molecule has 1 aromatic carbocycles. The Balaban J connectivity index is 2.40. The highest BCUT2D eigenvalue weighted by Crippen LogP contribution is 2.10. The highest BCUT2D eigenvalue weighted by atomic mass is 14.0. The van der Waals surface area contributed by atoms with Gasteiger partial charge in [-0.25, -0.2) is 0 Å². The normalized spacial score (nSPS) is 10.1. The molecule has 0 aliphatic heterocycles. The molecule has 76 valence electrons. The molecule has 1 rings (SSSR count). The zero-order chi connectivity index (χ0) is 10.4. The summed E-state index contributed by atoms with van der Waals surface area (Å²) in [5, 5.41) is 0. The smallest absolute Gasteiger partial charge is 0.0276 e. The van der Waals surface area contributed by atoms with Crippen molar-refractivity contribution in [2.24, 2.45) is 0 Å². The SMILES string of the molecule is C=C(C)CCCc1ccc(CC)cc1. The third kappa shape index (κ3) is 3.78. The minimum Gasteiger partial charge on any atom is -0.100 e. The number of aryl methyl sites for hydroxylation is 2. The molecule has 0 aromatic heterocycles. The summed E-state index contributed by atoms with van der Waals surface area (Å²) in [5.74, 6) is 0. The van der Waals surface area contributed by atoms with E-state index in [0.29, 0.717) is 0 Å². The van der Waals surface area contributed by atoms with Crippen LogP contribution in [0.2, 0.25) is 0 Å². The van der Waals surface area contributed by atoms with Crippen LogP contribution in [-0.2, 0) is 12.8 Å². The van der Waals surface area contributed by atoms with Gasteiger partial charge in [0.2, 0.25) is 0 Å². The lowest BCUT2D eigenvalue weighted by Gasteiger charge is -2.02. The molecule has 0 fully saturated rings. The Morgan fingerprint density at radius 1 is 1.14 bits per heavy atom. The van der Waals surface area contributed by atoms with Gasteiger partial charge in [0.15, 0.2) is 0 Å². The van der Waals surface area contributed by atoms with Gasteiger partial charge in [0.1, 0.15) is 0 Å². The van der Waals surface area contributed by atoms with Crippen LogP contribution < -0.4 is 0 Å². The number of hydrogen-bond acceptors (Lipinski definition) is 0. The summed E-state index contributed by atoms with van der Waals surface area (Å²) < 4.78 is 0.